The molecule has 0 aromatic carbocycles. The molecule has 3 heterocycles. The molecule has 0 unspecified atom stereocenters. The lowest BCUT2D eigenvalue weighted by molar-refractivity contribution is 0.316. The number of rotatable bonds is 25. The molecule has 3 rings (SSSR count). The van der Waals surface area contributed by atoms with Crippen LogP contribution in [0.3, 0.4) is 0 Å². The monoisotopic (exact) mass is 583 g/mol. The summed E-state index contributed by atoms with van der Waals surface area (Å²) in [5.41, 5.74) is 3.21. The van der Waals surface area contributed by atoms with E-state index >= 15 is 0 Å². The largest absolute Gasteiger partial charge is 0.370 e. The van der Waals surface area contributed by atoms with E-state index in [9.17, 15) is 0 Å². The Morgan fingerprint density at radius 2 is 0.791 bits per heavy atom. The summed E-state index contributed by atoms with van der Waals surface area (Å²) in [6, 6.07) is 18.4. The second kappa shape index (κ2) is 23.3. The van der Waals surface area contributed by atoms with Crippen molar-refractivity contribution in [2.24, 2.45) is 0 Å². The number of hydrogen-bond donors (Lipinski definition) is 0. The smallest absolute Gasteiger partial charge is 0.0601 e. The molecule has 0 spiro atoms. The molecule has 3 aromatic heterocycles. The van der Waals surface area contributed by atoms with Gasteiger partial charge in [0, 0.05) is 37.5 Å². The van der Waals surface area contributed by atoms with Crippen LogP contribution in [0.4, 0.5) is 0 Å². The Bertz CT molecular complexity index is 1020. The molecule has 0 bridgehead atoms. The van der Waals surface area contributed by atoms with Crippen molar-refractivity contribution in [2.45, 2.75) is 129 Å². The highest BCUT2D eigenvalue weighted by Crippen LogP contribution is 2.15. The van der Waals surface area contributed by atoms with E-state index in [-0.39, 0.29) is 0 Å². The molecule has 3 aromatic rings. The van der Waals surface area contributed by atoms with Crippen LogP contribution in [0.25, 0.3) is 0 Å². The quantitative estimate of drug-likeness (QED) is 0.0929. The number of pyridine rings is 3. The van der Waals surface area contributed by atoms with Gasteiger partial charge in [-0.05, 0) is 42.8 Å². The van der Waals surface area contributed by atoms with E-state index in [4.69, 9.17) is 0 Å². The van der Waals surface area contributed by atoms with Crippen molar-refractivity contribution < 1.29 is 0 Å². The highest BCUT2D eigenvalue weighted by Gasteiger charge is 2.07. The fourth-order valence-electron chi connectivity index (χ4n) is 5.52. The van der Waals surface area contributed by atoms with Gasteiger partial charge in [-0.3, -0.25) is 15.0 Å². The number of unbranched alkanes of at least 4 members (excludes halogenated alkanes) is 15. The van der Waals surface area contributed by atoms with E-state index in [1.807, 2.05) is 36.8 Å². The summed E-state index contributed by atoms with van der Waals surface area (Å²) >= 11 is 0. The molecule has 0 saturated heterocycles. The van der Waals surface area contributed by atoms with Crippen molar-refractivity contribution in [3.05, 3.63) is 103 Å². The molecule has 43 heavy (non-hydrogen) atoms. The fourth-order valence-corrected chi connectivity index (χ4v) is 5.52. The summed E-state index contributed by atoms with van der Waals surface area (Å²) in [7, 11) is 0. The Hall–Kier alpha value is -3.21. The summed E-state index contributed by atoms with van der Waals surface area (Å²) in [6.07, 6.45) is 32.4. The Morgan fingerprint density at radius 1 is 0.442 bits per heavy atom. The van der Waals surface area contributed by atoms with Gasteiger partial charge in [-0.15, -0.1) is 0 Å². The molecule has 0 atom stereocenters. The first-order chi connectivity index (χ1) is 21.3. The minimum atomic E-state index is 0.740. The van der Waals surface area contributed by atoms with Crippen LogP contribution in [-0.4, -0.2) is 31.3 Å². The molecule has 0 amide bonds. The molecule has 0 radical (unpaired) electrons. The topological polar surface area (TPSA) is 45.2 Å². The van der Waals surface area contributed by atoms with Gasteiger partial charge in [-0.25, -0.2) is 0 Å². The molecular weight excluding hydrogens is 526 g/mol. The molecule has 0 aliphatic rings. The van der Waals surface area contributed by atoms with Crippen LogP contribution < -0.4 is 0 Å². The fraction of sp³-hybridized carbons (Fsp3) is 0.553. The first-order valence-electron chi connectivity index (χ1n) is 17.2. The first kappa shape index (κ1) is 34.3. The van der Waals surface area contributed by atoms with E-state index in [1.165, 1.54) is 103 Å². The van der Waals surface area contributed by atoms with Gasteiger partial charge in [0.05, 0.1) is 36.7 Å². The van der Waals surface area contributed by atoms with Crippen LogP contribution in [0, 0.1) is 0 Å². The van der Waals surface area contributed by atoms with Crippen LogP contribution in [0.5, 0.6) is 0 Å². The second-order valence-electron chi connectivity index (χ2n) is 11.9. The van der Waals surface area contributed by atoms with E-state index in [0.717, 1.165) is 43.3 Å². The van der Waals surface area contributed by atoms with E-state index in [1.54, 1.807) is 0 Å². The molecule has 234 valence electrons. The van der Waals surface area contributed by atoms with Crippen LogP contribution >= 0.6 is 0 Å². The predicted molar refractivity (Wildman–Crippen MR) is 181 cm³/mol. The maximum absolute atomic E-state index is 4.60. The summed E-state index contributed by atoms with van der Waals surface area (Å²) in [4.78, 5) is 18.4. The molecule has 5 heteroatoms. The van der Waals surface area contributed by atoms with E-state index in [2.05, 4.69) is 80.5 Å². The van der Waals surface area contributed by atoms with Crippen molar-refractivity contribution in [1.29, 1.82) is 0 Å². The van der Waals surface area contributed by atoms with Crippen molar-refractivity contribution in [3.8, 4) is 0 Å². The van der Waals surface area contributed by atoms with Crippen LogP contribution in [0.1, 0.15) is 127 Å². The van der Waals surface area contributed by atoms with Crippen molar-refractivity contribution in [1.82, 2.24) is 24.8 Å². The molecule has 5 nitrogen and oxygen atoms in total. The Balaban J connectivity index is 1.38. The molecule has 0 aliphatic heterocycles. The van der Waals surface area contributed by atoms with Gasteiger partial charge in [-0.2, -0.15) is 0 Å². The molecule has 0 saturated carbocycles. The molecule has 0 fully saturated rings. The summed E-state index contributed by atoms with van der Waals surface area (Å²) in [5.74, 6) is 0. The first-order valence-corrected chi connectivity index (χ1v) is 17.2. The van der Waals surface area contributed by atoms with E-state index in [0.29, 0.717) is 0 Å². The van der Waals surface area contributed by atoms with E-state index < -0.39 is 0 Å². The number of nitrogens with zero attached hydrogens (tertiary/aromatic N) is 5. The third-order valence-corrected chi connectivity index (χ3v) is 8.06. The highest BCUT2D eigenvalue weighted by atomic mass is 15.2. The predicted octanol–water partition coefficient (Wildman–Crippen LogP) is 10.1. The van der Waals surface area contributed by atoms with Crippen LogP contribution in [-0.2, 0) is 19.6 Å². The minimum Gasteiger partial charge on any atom is -0.370 e. The third kappa shape index (κ3) is 16.9. The average molecular weight is 584 g/mol. The van der Waals surface area contributed by atoms with Gasteiger partial charge in [0.25, 0.3) is 0 Å². The van der Waals surface area contributed by atoms with Crippen LogP contribution in [0.15, 0.2) is 85.6 Å². The van der Waals surface area contributed by atoms with Gasteiger partial charge < -0.3 is 9.80 Å². The lowest BCUT2D eigenvalue weighted by atomic mass is 10.0. The highest BCUT2D eigenvalue weighted by molar-refractivity contribution is 5.08. The molecule has 0 aliphatic carbocycles. The standard InChI is InChI=1S/C38H57N5/c1-2-3-4-5-6-7-8-9-10-11-12-13-14-15-16-23-30-42(33-36-24-17-20-27-39-36)31-32-43(34-37-25-18-21-28-40-37)35-38-26-19-22-29-41-38/h17-22,24-29,31-32H,2-16,23,30,33-35H2,1H3. The van der Waals surface area contributed by atoms with Gasteiger partial charge in [0.2, 0.25) is 0 Å². The van der Waals surface area contributed by atoms with Gasteiger partial charge in [0.1, 0.15) is 0 Å². The maximum atomic E-state index is 4.60. The zero-order chi connectivity index (χ0) is 30.0. The SMILES string of the molecule is CCCCCCCCCCCCCCCCCCN(C=CN(Cc1ccccn1)Cc1ccccn1)Cc1ccccn1. The average Bonchev–Trinajstić information content (AvgIpc) is 3.04. The summed E-state index contributed by atoms with van der Waals surface area (Å²) in [5, 5.41) is 0. The molecule has 0 N–H and O–H groups in total. The van der Waals surface area contributed by atoms with Crippen LogP contribution in [0.2, 0.25) is 0 Å². The van der Waals surface area contributed by atoms with Gasteiger partial charge >= 0.3 is 0 Å². The summed E-state index contributed by atoms with van der Waals surface area (Å²) < 4.78 is 0. The van der Waals surface area contributed by atoms with Crippen molar-refractivity contribution in [3.63, 3.8) is 0 Å². The number of hydrogen-bond acceptors (Lipinski definition) is 5. The maximum Gasteiger partial charge on any atom is 0.0601 e. The third-order valence-electron chi connectivity index (χ3n) is 8.06. The van der Waals surface area contributed by atoms with Gasteiger partial charge in [0.15, 0.2) is 0 Å². The second-order valence-corrected chi connectivity index (χ2v) is 11.9. The summed E-state index contributed by atoms with van der Waals surface area (Å²) in [6.45, 7) is 5.63. The molecular formula is C38H57N5. The minimum absolute atomic E-state index is 0.740. The Morgan fingerprint density at radius 3 is 1.16 bits per heavy atom. The van der Waals surface area contributed by atoms with Crippen molar-refractivity contribution >= 4 is 0 Å². The Labute approximate surface area is 262 Å². The van der Waals surface area contributed by atoms with Gasteiger partial charge in [-0.1, -0.05) is 121 Å². The lowest BCUT2D eigenvalue weighted by Gasteiger charge is -2.24. The Kier molecular flexibility index (Phi) is 18.6. The van der Waals surface area contributed by atoms with Crippen molar-refractivity contribution in [2.75, 3.05) is 6.54 Å². The normalized spacial score (nSPS) is 11.3. The zero-order valence-corrected chi connectivity index (χ0v) is 27.0. The zero-order valence-electron chi connectivity index (χ0n) is 27.0. The lowest BCUT2D eigenvalue weighted by Crippen LogP contribution is -2.22. The number of aromatic nitrogens is 3.